The Labute approximate surface area is 99.7 Å². The van der Waals surface area contributed by atoms with Crippen LogP contribution < -0.4 is 4.90 Å². The Morgan fingerprint density at radius 3 is 2.69 bits per heavy atom. The lowest BCUT2D eigenvalue weighted by Crippen LogP contribution is -2.60. The summed E-state index contributed by atoms with van der Waals surface area (Å²) in [6.07, 6.45) is 1.96. The molecule has 16 heavy (non-hydrogen) atoms. The highest BCUT2D eigenvalue weighted by atomic mass is 32.2. The number of aliphatic hydroxyl groups is 1. The van der Waals surface area contributed by atoms with Crippen molar-refractivity contribution in [1.82, 2.24) is 0 Å². The van der Waals surface area contributed by atoms with Crippen LogP contribution in [0.1, 0.15) is 12.5 Å². The van der Waals surface area contributed by atoms with Crippen LogP contribution in [0.3, 0.4) is 0 Å². The largest absolute Gasteiger partial charge is 0.386 e. The van der Waals surface area contributed by atoms with Crippen molar-refractivity contribution in [1.29, 1.82) is 5.26 Å². The van der Waals surface area contributed by atoms with Crippen molar-refractivity contribution in [3.8, 4) is 6.07 Å². The van der Waals surface area contributed by atoms with E-state index in [9.17, 15) is 10.4 Å². The molecule has 0 unspecified atom stereocenters. The van der Waals surface area contributed by atoms with Crippen molar-refractivity contribution in [2.75, 3.05) is 24.2 Å². The molecule has 0 spiro atoms. The quantitative estimate of drug-likeness (QED) is 0.793. The Balaban J connectivity index is 2.32. The maximum atomic E-state index is 9.71. The highest BCUT2D eigenvalue weighted by Gasteiger charge is 2.37. The second-order valence-electron chi connectivity index (χ2n) is 4.32. The monoisotopic (exact) mass is 234 g/mol. The van der Waals surface area contributed by atoms with Gasteiger partial charge in [0.15, 0.2) is 0 Å². The van der Waals surface area contributed by atoms with E-state index in [-0.39, 0.29) is 0 Å². The predicted molar refractivity (Wildman–Crippen MR) is 65.8 cm³/mol. The smallest absolute Gasteiger partial charge is 0.103 e. The van der Waals surface area contributed by atoms with E-state index in [1.54, 1.807) is 11.8 Å². The number of rotatable bonds is 2. The summed E-state index contributed by atoms with van der Waals surface area (Å²) in [5.74, 6) is 0. The van der Waals surface area contributed by atoms with Gasteiger partial charge >= 0.3 is 0 Å². The second-order valence-corrected chi connectivity index (χ2v) is 5.17. The summed E-state index contributed by atoms with van der Waals surface area (Å²) in [4.78, 5) is 3.03. The molecule has 0 amide bonds. The molecule has 0 bridgehead atoms. The van der Waals surface area contributed by atoms with E-state index in [0.717, 1.165) is 10.6 Å². The summed E-state index contributed by atoms with van der Waals surface area (Å²) >= 11 is 1.57. The zero-order valence-corrected chi connectivity index (χ0v) is 10.2. The van der Waals surface area contributed by atoms with E-state index < -0.39 is 5.60 Å². The third-order valence-electron chi connectivity index (χ3n) is 2.74. The minimum absolute atomic E-state index is 0.597. The van der Waals surface area contributed by atoms with Gasteiger partial charge in [0.1, 0.15) is 6.07 Å². The molecule has 0 aliphatic carbocycles. The molecule has 3 nitrogen and oxygen atoms in total. The first-order valence-corrected chi connectivity index (χ1v) is 6.34. The maximum Gasteiger partial charge on any atom is 0.103 e. The first-order valence-electron chi connectivity index (χ1n) is 5.12. The molecule has 4 heteroatoms. The average molecular weight is 234 g/mol. The van der Waals surface area contributed by atoms with Gasteiger partial charge in [0, 0.05) is 18.0 Å². The Morgan fingerprint density at radius 2 is 2.19 bits per heavy atom. The number of thioether (sulfide) groups is 1. The molecule has 0 atom stereocenters. The molecule has 1 fully saturated rings. The summed E-state index contributed by atoms with van der Waals surface area (Å²) in [6.45, 7) is 3.01. The minimum Gasteiger partial charge on any atom is -0.386 e. The van der Waals surface area contributed by atoms with Crippen LogP contribution in [0, 0.1) is 11.3 Å². The Bertz CT molecular complexity index is 443. The van der Waals surface area contributed by atoms with Gasteiger partial charge in [-0.25, -0.2) is 0 Å². The van der Waals surface area contributed by atoms with Crippen LogP contribution >= 0.6 is 11.8 Å². The van der Waals surface area contributed by atoms with Crippen molar-refractivity contribution < 1.29 is 5.11 Å². The number of nitrogens with zero attached hydrogens (tertiary/aromatic N) is 2. The molecular formula is C12H14N2OS. The molecule has 1 aliphatic heterocycles. The van der Waals surface area contributed by atoms with E-state index in [1.165, 1.54) is 0 Å². The fraction of sp³-hybridized carbons (Fsp3) is 0.417. The predicted octanol–water partition coefficient (Wildman–Crippen LogP) is 1.85. The van der Waals surface area contributed by atoms with Gasteiger partial charge in [0.25, 0.3) is 0 Å². The molecule has 0 radical (unpaired) electrons. The first-order chi connectivity index (χ1) is 7.57. The highest BCUT2D eigenvalue weighted by molar-refractivity contribution is 7.98. The van der Waals surface area contributed by atoms with Crippen molar-refractivity contribution in [2.24, 2.45) is 0 Å². The third-order valence-corrected chi connectivity index (χ3v) is 3.52. The number of hydrogen-bond acceptors (Lipinski definition) is 4. The van der Waals surface area contributed by atoms with Crippen LogP contribution in [0.5, 0.6) is 0 Å². The Hall–Kier alpha value is -1.18. The van der Waals surface area contributed by atoms with E-state index in [2.05, 4.69) is 6.07 Å². The van der Waals surface area contributed by atoms with Gasteiger partial charge in [-0.15, -0.1) is 11.8 Å². The van der Waals surface area contributed by atoms with Gasteiger partial charge < -0.3 is 10.0 Å². The second kappa shape index (κ2) is 4.00. The Kier molecular flexibility index (Phi) is 2.83. The zero-order valence-electron chi connectivity index (χ0n) is 9.40. The molecule has 2 rings (SSSR count). The van der Waals surface area contributed by atoms with Crippen LogP contribution in [0.25, 0.3) is 0 Å². The lowest BCUT2D eigenvalue weighted by molar-refractivity contribution is 0.0310. The van der Waals surface area contributed by atoms with Crippen molar-refractivity contribution in [3.05, 3.63) is 23.8 Å². The molecule has 1 aromatic rings. The average Bonchev–Trinajstić information content (AvgIpc) is 2.24. The van der Waals surface area contributed by atoms with Crippen molar-refractivity contribution >= 4 is 17.4 Å². The SMILES string of the molecule is CSc1cccc(N2CC(C)(O)C2)c1C#N. The van der Waals surface area contributed by atoms with Gasteiger partial charge in [-0.1, -0.05) is 6.07 Å². The summed E-state index contributed by atoms with van der Waals surface area (Å²) in [5.41, 5.74) is 1.04. The van der Waals surface area contributed by atoms with E-state index in [4.69, 9.17) is 0 Å². The molecule has 1 aromatic carbocycles. The number of β-amino-alcohol motifs (C(OH)–C–C–N with tert-alkyl or cyclic N) is 1. The van der Waals surface area contributed by atoms with E-state index in [0.29, 0.717) is 18.7 Å². The van der Waals surface area contributed by atoms with Crippen molar-refractivity contribution in [2.45, 2.75) is 17.4 Å². The maximum absolute atomic E-state index is 9.71. The fourth-order valence-corrected chi connectivity index (χ4v) is 2.58. The molecule has 1 aliphatic rings. The first kappa shape index (κ1) is 11.3. The zero-order chi connectivity index (χ0) is 11.8. The lowest BCUT2D eigenvalue weighted by atomic mass is 9.95. The molecule has 1 heterocycles. The topological polar surface area (TPSA) is 47.3 Å². The van der Waals surface area contributed by atoms with Crippen molar-refractivity contribution in [3.63, 3.8) is 0 Å². The molecule has 0 aromatic heterocycles. The molecule has 0 saturated carbocycles. The van der Waals surface area contributed by atoms with Crippen LogP contribution in [0.2, 0.25) is 0 Å². The number of benzene rings is 1. The standard InChI is InChI=1S/C12H14N2OS/c1-12(15)7-14(8-12)10-4-3-5-11(16-2)9(10)6-13/h3-5,15H,7-8H2,1-2H3. The van der Waals surface area contributed by atoms with Gasteiger partial charge in [-0.05, 0) is 25.3 Å². The van der Waals surface area contributed by atoms with Crippen LogP contribution in [-0.2, 0) is 0 Å². The molecular weight excluding hydrogens is 220 g/mol. The van der Waals surface area contributed by atoms with Crippen LogP contribution in [0.4, 0.5) is 5.69 Å². The summed E-state index contributed by atoms with van der Waals surface area (Å²) in [5, 5.41) is 18.9. The number of anilines is 1. The van der Waals surface area contributed by atoms with Gasteiger partial charge in [0.2, 0.25) is 0 Å². The summed E-state index contributed by atoms with van der Waals surface area (Å²) in [7, 11) is 0. The molecule has 1 N–H and O–H groups in total. The molecule has 1 saturated heterocycles. The van der Waals surface area contributed by atoms with Gasteiger partial charge in [-0.2, -0.15) is 5.26 Å². The third kappa shape index (κ3) is 1.89. The minimum atomic E-state index is -0.609. The van der Waals surface area contributed by atoms with E-state index >= 15 is 0 Å². The summed E-state index contributed by atoms with van der Waals surface area (Å²) < 4.78 is 0. The Morgan fingerprint density at radius 1 is 1.50 bits per heavy atom. The van der Waals surface area contributed by atoms with Gasteiger partial charge in [-0.3, -0.25) is 0 Å². The van der Waals surface area contributed by atoms with E-state index in [1.807, 2.05) is 36.3 Å². The lowest BCUT2D eigenvalue weighted by Gasteiger charge is -2.46. The van der Waals surface area contributed by atoms with Gasteiger partial charge in [0.05, 0.1) is 16.9 Å². The molecule has 84 valence electrons. The number of hydrogen-bond donors (Lipinski definition) is 1. The van der Waals surface area contributed by atoms with Crippen LogP contribution in [0.15, 0.2) is 23.1 Å². The van der Waals surface area contributed by atoms with Crippen LogP contribution in [-0.4, -0.2) is 30.1 Å². The summed E-state index contributed by atoms with van der Waals surface area (Å²) in [6, 6.07) is 8.09. The highest BCUT2D eigenvalue weighted by Crippen LogP contribution is 2.34. The fourth-order valence-electron chi connectivity index (χ4n) is 2.01. The normalized spacial score (nSPS) is 17.8. The number of nitriles is 1.